The predicted octanol–water partition coefficient (Wildman–Crippen LogP) is 2.78. The third kappa shape index (κ3) is 4.08. The summed E-state index contributed by atoms with van der Waals surface area (Å²) in [6.07, 6.45) is -0.152. The summed E-state index contributed by atoms with van der Waals surface area (Å²) in [5, 5.41) is 6.92. The molecule has 1 aliphatic carbocycles. The number of anilines is 1. The molecule has 0 bridgehead atoms. The van der Waals surface area contributed by atoms with Crippen molar-refractivity contribution in [3.63, 3.8) is 0 Å². The summed E-state index contributed by atoms with van der Waals surface area (Å²) in [6.45, 7) is 1.22. The Morgan fingerprint density at radius 3 is 2.49 bits per heavy atom. The second-order valence-corrected chi connectivity index (χ2v) is 10.9. The van der Waals surface area contributed by atoms with Gasteiger partial charge in [0, 0.05) is 36.8 Å². The fraction of sp³-hybridized carbons (Fsp3) is 0.241. The van der Waals surface area contributed by atoms with E-state index < -0.39 is 17.4 Å². The first kappa shape index (κ1) is 25.5. The lowest BCUT2D eigenvalue weighted by Gasteiger charge is -2.36. The molecule has 1 fully saturated rings. The molecule has 1 aliphatic heterocycles. The van der Waals surface area contributed by atoms with Crippen molar-refractivity contribution in [1.29, 1.82) is 0 Å². The van der Waals surface area contributed by atoms with Crippen LogP contribution in [0.1, 0.15) is 32.4 Å². The fourth-order valence-corrected chi connectivity index (χ4v) is 6.74. The second-order valence-electron chi connectivity index (χ2n) is 9.85. The normalized spacial score (nSPS) is 24.2. The lowest BCUT2D eigenvalue weighted by Crippen LogP contribution is -2.52. The van der Waals surface area contributed by atoms with E-state index in [0.29, 0.717) is 61.9 Å². The summed E-state index contributed by atoms with van der Waals surface area (Å²) in [6, 6.07) is 18.7. The standard InChI is InChI=1S/C29H29N5O4S/c1-37-21-14-33-13-20(21)34-28(36)26-23-22-18(11-12-19(30)25(22)39-26)29(32,27(35)24(23)31)15-7-9-17(10-8-15)38-16-5-3-2-4-6-16/h2-12,20-21,24,33H,13-14,30-32H2,1H3,(H,34,36)/t20-,21-,24?,29?/m0/s1. The number of carbonyl (C=O) groups is 2. The number of para-hydroxylation sites is 1. The number of rotatable bonds is 6. The van der Waals surface area contributed by atoms with Gasteiger partial charge in [0.05, 0.1) is 27.8 Å². The van der Waals surface area contributed by atoms with Crippen LogP contribution in [0.2, 0.25) is 0 Å². The Bertz CT molecular complexity index is 1570. The van der Waals surface area contributed by atoms with Gasteiger partial charge in [-0.25, -0.2) is 0 Å². The summed E-state index contributed by atoms with van der Waals surface area (Å²) < 4.78 is 12.1. The second kappa shape index (κ2) is 9.74. The SMILES string of the molecule is CO[C@H]1CNC[C@@H]1NC(=O)c1sc2c(N)ccc3c2c1C(N)C(=O)C3(N)c1ccc(Oc2ccccc2)cc1. The molecular formula is C29H29N5O4S. The maximum Gasteiger partial charge on any atom is 0.262 e. The average molecular weight is 544 g/mol. The summed E-state index contributed by atoms with van der Waals surface area (Å²) in [7, 11) is 1.61. The highest BCUT2D eigenvalue weighted by molar-refractivity contribution is 7.21. The smallest absolute Gasteiger partial charge is 0.262 e. The molecule has 0 saturated carbocycles. The number of methoxy groups -OCH3 is 1. The van der Waals surface area contributed by atoms with Gasteiger partial charge in [-0.2, -0.15) is 0 Å². The summed E-state index contributed by atoms with van der Waals surface area (Å²) >= 11 is 1.23. The zero-order valence-electron chi connectivity index (χ0n) is 21.3. The first-order valence-corrected chi connectivity index (χ1v) is 13.5. The minimum absolute atomic E-state index is 0.152. The van der Waals surface area contributed by atoms with Gasteiger partial charge in [0.25, 0.3) is 5.91 Å². The van der Waals surface area contributed by atoms with Crippen molar-refractivity contribution >= 4 is 38.8 Å². The van der Waals surface area contributed by atoms with Crippen molar-refractivity contribution < 1.29 is 19.1 Å². The lowest BCUT2D eigenvalue weighted by atomic mass is 9.70. The highest BCUT2D eigenvalue weighted by Crippen LogP contribution is 2.49. The molecule has 200 valence electrons. The molecular weight excluding hydrogens is 514 g/mol. The van der Waals surface area contributed by atoms with Crippen molar-refractivity contribution in [2.75, 3.05) is 25.9 Å². The van der Waals surface area contributed by atoms with Crippen LogP contribution in [0.15, 0.2) is 66.7 Å². The quantitative estimate of drug-likeness (QED) is 0.233. The Morgan fingerprint density at radius 1 is 1.05 bits per heavy atom. The molecule has 3 aromatic carbocycles. The molecule has 9 nitrogen and oxygen atoms in total. The van der Waals surface area contributed by atoms with E-state index in [1.54, 1.807) is 43.5 Å². The summed E-state index contributed by atoms with van der Waals surface area (Å²) in [5.74, 6) is 0.585. The number of benzene rings is 3. The monoisotopic (exact) mass is 543 g/mol. The number of amides is 1. The van der Waals surface area contributed by atoms with Gasteiger partial charge >= 0.3 is 0 Å². The predicted molar refractivity (Wildman–Crippen MR) is 151 cm³/mol. The van der Waals surface area contributed by atoms with E-state index in [0.717, 1.165) is 0 Å². The maximum absolute atomic E-state index is 14.0. The summed E-state index contributed by atoms with van der Waals surface area (Å²) in [5.41, 5.74) is 20.5. The molecule has 0 radical (unpaired) electrons. The highest BCUT2D eigenvalue weighted by Gasteiger charge is 2.49. The van der Waals surface area contributed by atoms with Crippen LogP contribution in [0.5, 0.6) is 11.5 Å². The van der Waals surface area contributed by atoms with Crippen LogP contribution in [0.25, 0.3) is 10.1 Å². The van der Waals surface area contributed by atoms with Gasteiger partial charge in [0.2, 0.25) is 0 Å². The first-order chi connectivity index (χ1) is 18.8. The van der Waals surface area contributed by atoms with Crippen LogP contribution < -0.4 is 32.6 Å². The van der Waals surface area contributed by atoms with Crippen molar-refractivity contribution in [2.45, 2.75) is 23.7 Å². The third-order valence-corrected chi connectivity index (χ3v) is 8.84. The molecule has 2 aliphatic rings. The molecule has 2 unspecified atom stereocenters. The van der Waals surface area contributed by atoms with E-state index in [-0.39, 0.29) is 18.1 Å². The number of hydrogen-bond acceptors (Lipinski definition) is 9. The number of ketones is 1. The molecule has 1 saturated heterocycles. The van der Waals surface area contributed by atoms with Gasteiger partial charge < -0.3 is 37.3 Å². The van der Waals surface area contributed by atoms with Crippen molar-refractivity contribution in [1.82, 2.24) is 10.6 Å². The van der Waals surface area contributed by atoms with Gasteiger partial charge in [0.15, 0.2) is 5.78 Å². The molecule has 1 amide bonds. The number of Topliss-reactive ketones (excluding diaryl/α,β-unsaturated/α-hetero) is 1. The number of ether oxygens (including phenoxy) is 2. The van der Waals surface area contributed by atoms with Crippen molar-refractivity contribution in [2.24, 2.45) is 11.5 Å². The van der Waals surface area contributed by atoms with Gasteiger partial charge in [-0.15, -0.1) is 11.3 Å². The van der Waals surface area contributed by atoms with Crippen LogP contribution in [0, 0.1) is 0 Å². The molecule has 10 heteroatoms. The van der Waals surface area contributed by atoms with E-state index in [4.69, 9.17) is 26.7 Å². The Balaban J connectivity index is 1.41. The van der Waals surface area contributed by atoms with E-state index in [9.17, 15) is 9.59 Å². The average Bonchev–Trinajstić information content (AvgIpc) is 3.58. The van der Waals surface area contributed by atoms with Gasteiger partial charge in [-0.3, -0.25) is 9.59 Å². The van der Waals surface area contributed by atoms with Crippen molar-refractivity contribution in [3.8, 4) is 11.5 Å². The maximum atomic E-state index is 14.0. The lowest BCUT2D eigenvalue weighted by molar-refractivity contribution is -0.124. The largest absolute Gasteiger partial charge is 0.457 e. The number of nitrogen functional groups attached to an aromatic ring is 1. The molecule has 8 N–H and O–H groups in total. The highest BCUT2D eigenvalue weighted by atomic mass is 32.1. The summed E-state index contributed by atoms with van der Waals surface area (Å²) in [4.78, 5) is 27.8. The minimum Gasteiger partial charge on any atom is -0.457 e. The topological polar surface area (TPSA) is 155 Å². The zero-order chi connectivity index (χ0) is 27.3. The van der Waals surface area contributed by atoms with E-state index in [1.807, 2.05) is 30.3 Å². The van der Waals surface area contributed by atoms with Crippen LogP contribution in [-0.4, -0.2) is 44.0 Å². The van der Waals surface area contributed by atoms with Crippen LogP contribution in [0.4, 0.5) is 5.69 Å². The number of nitrogens with two attached hydrogens (primary N) is 3. The Labute approximate surface area is 229 Å². The van der Waals surface area contributed by atoms with Crippen LogP contribution in [-0.2, 0) is 15.1 Å². The Kier molecular flexibility index (Phi) is 6.37. The molecule has 1 aromatic heterocycles. The molecule has 39 heavy (non-hydrogen) atoms. The zero-order valence-corrected chi connectivity index (χ0v) is 22.1. The van der Waals surface area contributed by atoms with E-state index in [2.05, 4.69) is 10.6 Å². The molecule has 0 spiro atoms. The van der Waals surface area contributed by atoms with E-state index in [1.165, 1.54) is 11.3 Å². The van der Waals surface area contributed by atoms with Gasteiger partial charge in [0.1, 0.15) is 17.0 Å². The number of thiophene rings is 1. The van der Waals surface area contributed by atoms with Crippen LogP contribution >= 0.6 is 11.3 Å². The van der Waals surface area contributed by atoms with Crippen molar-refractivity contribution in [3.05, 3.63) is 88.3 Å². The van der Waals surface area contributed by atoms with Gasteiger partial charge in [-0.1, -0.05) is 36.4 Å². The Morgan fingerprint density at radius 2 is 1.77 bits per heavy atom. The number of carbonyl (C=O) groups excluding carboxylic acids is 2. The van der Waals surface area contributed by atoms with Gasteiger partial charge in [-0.05, 0) is 41.5 Å². The fourth-order valence-electron chi connectivity index (χ4n) is 5.54. The first-order valence-electron chi connectivity index (χ1n) is 12.6. The van der Waals surface area contributed by atoms with Crippen LogP contribution in [0.3, 0.4) is 0 Å². The third-order valence-electron chi connectivity index (χ3n) is 7.59. The Hall–Kier alpha value is -3.80. The molecule has 4 atom stereocenters. The minimum atomic E-state index is -1.53. The molecule has 2 heterocycles. The molecule has 6 rings (SSSR count). The molecule has 4 aromatic rings. The number of nitrogens with one attached hydrogen (secondary N) is 2. The number of hydrogen-bond donors (Lipinski definition) is 5. The van der Waals surface area contributed by atoms with E-state index >= 15 is 0 Å².